The fourth-order valence-corrected chi connectivity index (χ4v) is 4.44. The Labute approximate surface area is 221 Å². The molecule has 0 spiro atoms. The van der Waals surface area contributed by atoms with Gasteiger partial charge in [-0.1, -0.05) is 48.0 Å². The molecule has 184 valence electrons. The molecule has 11 heteroatoms. The van der Waals surface area contributed by atoms with Crippen molar-refractivity contribution in [3.05, 3.63) is 107 Å². The Morgan fingerprint density at radius 3 is 2.64 bits per heavy atom. The summed E-state index contributed by atoms with van der Waals surface area (Å²) in [6.07, 6.45) is 1.34. The lowest BCUT2D eigenvalue weighted by atomic mass is 10.2. The van der Waals surface area contributed by atoms with Gasteiger partial charge in [0.25, 0.3) is 5.56 Å². The van der Waals surface area contributed by atoms with E-state index in [0.29, 0.717) is 22.3 Å². The van der Waals surface area contributed by atoms with Gasteiger partial charge in [0, 0.05) is 27.6 Å². The molecule has 0 saturated heterocycles. The average Bonchev–Trinajstić information content (AvgIpc) is 2.83. The van der Waals surface area contributed by atoms with Crippen molar-refractivity contribution in [2.75, 3.05) is 0 Å². The van der Waals surface area contributed by atoms with Crippen LogP contribution < -0.4 is 10.3 Å². The van der Waals surface area contributed by atoms with Gasteiger partial charge in [-0.25, -0.2) is 9.37 Å². The molecule has 0 aliphatic rings. The third-order valence-electron chi connectivity index (χ3n) is 5.24. The zero-order valence-electron chi connectivity index (χ0n) is 19.1. The normalized spacial score (nSPS) is 11.5. The number of ether oxygens (including phenoxy) is 1. The number of nitrogens with zero attached hydrogens (tertiary/aromatic N) is 4. The van der Waals surface area contributed by atoms with E-state index >= 15 is 0 Å². The molecule has 0 N–H and O–H groups in total. The van der Waals surface area contributed by atoms with E-state index in [1.54, 1.807) is 36.4 Å². The molecule has 1 heterocycles. The minimum Gasteiger partial charge on any atom is -0.481 e. The van der Waals surface area contributed by atoms with Crippen molar-refractivity contribution in [1.29, 1.82) is 0 Å². The van der Waals surface area contributed by atoms with Crippen LogP contribution in [-0.4, -0.2) is 20.8 Å². The smallest absolute Gasteiger partial charge is 0.312 e. The van der Waals surface area contributed by atoms with Crippen LogP contribution in [0.1, 0.15) is 36.7 Å². The Kier molecular flexibility index (Phi) is 7.60. The number of aromatic nitrogens is 2. The SMILES string of the molecule is CC(C)c1nc2ccc(Br)cc2c(=O)n1N=Cc1cc(Br)c(OCc2ccccc2F)c([N+](=O)[O-])c1. The average molecular weight is 618 g/mol. The van der Waals surface area contributed by atoms with Crippen molar-refractivity contribution in [3.63, 3.8) is 0 Å². The lowest BCUT2D eigenvalue weighted by Gasteiger charge is -2.12. The topological polar surface area (TPSA) is 99.6 Å². The minimum atomic E-state index is -0.598. The van der Waals surface area contributed by atoms with Crippen molar-refractivity contribution in [3.8, 4) is 5.75 Å². The van der Waals surface area contributed by atoms with Crippen LogP contribution >= 0.6 is 31.9 Å². The van der Waals surface area contributed by atoms with E-state index in [0.717, 1.165) is 4.47 Å². The lowest BCUT2D eigenvalue weighted by Crippen LogP contribution is -2.23. The van der Waals surface area contributed by atoms with Crippen molar-refractivity contribution >= 4 is 54.7 Å². The molecular weight excluding hydrogens is 599 g/mol. The summed E-state index contributed by atoms with van der Waals surface area (Å²) in [5, 5.41) is 16.5. The van der Waals surface area contributed by atoms with Crippen LogP contribution in [0.15, 0.2) is 73.4 Å². The summed E-state index contributed by atoms with van der Waals surface area (Å²) in [6.45, 7) is 3.59. The van der Waals surface area contributed by atoms with Crippen LogP contribution in [0, 0.1) is 15.9 Å². The highest BCUT2D eigenvalue weighted by atomic mass is 79.9. The van der Waals surface area contributed by atoms with Crippen LogP contribution in [0.5, 0.6) is 5.75 Å². The number of benzene rings is 3. The van der Waals surface area contributed by atoms with Crippen LogP contribution in [-0.2, 0) is 6.61 Å². The van der Waals surface area contributed by atoms with Gasteiger partial charge in [-0.3, -0.25) is 14.9 Å². The Morgan fingerprint density at radius 1 is 1.19 bits per heavy atom. The number of halogens is 3. The Balaban J connectivity index is 1.73. The maximum Gasteiger partial charge on any atom is 0.312 e. The summed E-state index contributed by atoms with van der Waals surface area (Å²) in [6, 6.07) is 14.1. The molecule has 0 bridgehead atoms. The second kappa shape index (κ2) is 10.7. The molecule has 0 amide bonds. The summed E-state index contributed by atoms with van der Waals surface area (Å²) >= 11 is 6.67. The summed E-state index contributed by atoms with van der Waals surface area (Å²) in [5.74, 6) is -0.178. The predicted octanol–water partition coefficient (Wildman–Crippen LogP) is 6.55. The van der Waals surface area contributed by atoms with Crippen LogP contribution in [0.2, 0.25) is 0 Å². The van der Waals surface area contributed by atoms with E-state index in [1.165, 1.54) is 29.1 Å². The number of nitro benzene ring substituents is 1. The first kappa shape index (κ1) is 25.6. The number of hydrogen-bond donors (Lipinski definition) is 0. The monoisotopic (exact) mass is 616 g/mol. The molecule has 36 heavy (non-hydrogen) atoms. The fraction of sp³-hybridized carbons (Fsp3) is 0.160. The van der Waals surface area contributed by atoms with Gasteiger partial charge in [0.15, 0.2) is 0 Å². The molecule has 0 unspecified atom stereocenters. The number of hydrogen-bond acceptors (Lipinski definition) is 6. The third kappa shape index (κ3) is 5.36. The van der Waals surface area contributed by atoms with Crippen LogP contribution in [0.3, 0.4) is 0 Å². The maximum atomic E-state index is 13.9. The first-order valence-corrected chi connectivity index (χ1v) is 12.3. The molecular formula is C25H19Br2FN4O4. The highest BCUT2D eigenvalue weighted by molar-refractivity contribution is 9.10. The van der Waals surface area contributed by atoms with Gasteiger partial charge in [0.05, 0.1) is 26.5 Å². The van der Waals surface area contributed by atoms with Gasteiger partial charge < -0.3 is 4.74 Å². The summed E-state index contributed by atoms with van der Waals surface area (Å²) in [4.78, 5) is 29.0. The zero-order valence-corrected chi connectivity index (χ0v) is 22.3. The molecule has 3 aromatic carbocycles. The molecule has 4 aromatic rings. The molecule has 8 nitrogen and oxygen atoms in total. The second-order valence-electron chi connectivity index (χ2n) is 8.14. The molecule has 0 saturated carbocycles. The second-order valence-corrected chi connectivity index (χ2v) is 9.91. The summed E-state index contributed by atoms with van der Waals surface area (Å²) in [7, 11) is 0. The van der Waals surface area contributed by atoms with Gasteiger partial charge in [-0.15, -0.1) is 0 Å². The molecule has 0 radical (unpaired) electrons. The van der Waals surface area contributed by atoms with E-state index in [1.807, 2.05) is 13.8 Å². The number of rotatable bonds is 7. The van der Waals surface area contributed by atoms with Gasteiger partial charge in [-0.05, 0) is 46.3 Å². The molecule has 1 aromatic heterocycles. The van der Waals surface area contributed by atoms with Gasteiger partial charge in [-0.2, -0.15) is 9.78 Å². The molecule has 4 rings (SSSR count). The van der Waals surface area contributed by atoms with Gasteiger partial charge in [0.1, 0.15) is 18.2 Å². The Morgan fingerprint density at radius 2 is 1.94 bits per heavy atom. The molecule has 0 atom stereocenters. The number of nitro groups is 1. The summed E-state index contributed by atoms with van der Waals surface area (Å²) < 4.78 is 21.7. The lowest BCUT2D eigenvalue weighted by molar-refractivity contribution is -0.386. The standard InChI is InChI=1S/C25H19Br2FN4O4/c1-14(2)24-30-21-8-7-17(26)11-18(21)25(33)31(24)29-12-15-9-19(27)23(22(10-15)32(34)35)36-13-16-5-3-4-6-20(16)28/h3-12,14H,13H2,1-2H3. The molecule has 0 aliphatic heterocycles. The quantitative estimate of drug-likeness (QED) is 0.133. The van der Waals surface area contributed by atoms with Crippen LogP contribution in [0.4, 0.5) is 10.1 Å². The molecule has 0 fully saturated rings. The van der Waals surface area contributed by atoms with Crippen molar-refractivity contribution in [1.82, 2.24) is 9.66 Å². The fourth-order valence-electron chi connectivity index (χ4n) is 3.49. The highest BCUT2D eigenvalue weighted by Gasteiger charge is 2.21. The number of fused-ring (bicyclic) bond motifs is 1. The first-order valence-electron chi connectivity index (χ1n) is 10.8. The van der Waals surface area contributed by atoms with Crippen molar-refractivity contribution < 1.29 is 14.1 Å². The van der Waals surface area contributed by atoms with E-state index in [9.17, 15) is 19.3 Å². The molecule has 0 aliphatic carbocycles. The van der Waals surface area contributed by atoms with E-state index in [2.05, 4.69) is 41.9 Å². The van der Waals surface area contributed by atoms with E-state index < -0.39 is 10.7 Å². The van der Waals surface area contributed by atoms with Crippen molar-refractivity contribution in [2.45, 2.75) is 26.4 Å². The van der Waals surface area contributed by atoms with E-state index in [4.69, 9.17) is 4.74 Å². The maximum absolute atomic E-state index is 13.9. The zero-order chi connectivity index (χ0) is 26.0. The largest absolute Gasteiger partial charge is 0.481 e. The Hall–Kier alpha value is -3.44. The first-order chi connectivity index (χ1) is 17.2. The Bertz CT molecular complexity index is 1570. The van der Waals surface area contributed by atoms with Crippen LogP contribution in [0.25, 0.3) is 10.9 Å². The van der Waals surface area contributed by atoms with E-state index in [-0.39, 0.29) is 39.6 Å². The third-order valence-corrected chi connectivity index (χ3v) is 6.33. The highest BCUT2D eigenvalue weighted by Crippen LogP contribution is 2.36. The summed E-state index contributed by atoms with van der Waals surface area (Å²) in [5.41, 5.74) is 0.468. The van der Waals surface area contributed by atoms with Gasteiger partial charge >= 0.3 is 5.69 Å². The van der Waals surface area contributed by atoms with Gasteiger partial charge in [0.2, 0.25) is 5.75 Å². The van der Waals surface area contributed by atoms with Crippen molar-refractivity contribution in [2.24, 2.45) is 5.10 Å². The predicted molar refractivity (Wildman–Crippen MR) is 142 cm³/mol. The minimum absolute atomic E-state index is 0.0438.